The van der Waals surface area contributed by atoms with Crippen molar-refractivity contribution in [1.29, 1.82) is 0 Å². The van der Waals surface area contributed by atoms with Crippen molar-refractivity contribution in [3.63, 3.8) is 0 Å². The highest BCUT2D eigenvalue weighted by molar-refractivity contribution is 5.94. The first kappa shape index (κ1) is 10.4. The Balaban J connectivity index is 2.47. The summed E-state index contributed by atoms with van der Waals surface area (Å²) in [6.07, 6.45) is 0.821. The highest BCUT2D eigenvalue weighted by atomic mass is 16.1. The lowest BCUT2D eigenvalue weighted by Crippen LogP contribution is -2.05. The minimum atomic E-state index is -0.0936. The van der Waals surface area contributed by atoms with Crippen LogP contribution in [0, 0.1) is 0 Å². The predicted octanol–water partition coefficient (Wildman–Crippen LogP) is 2.61. The number of hydrogen-bond donors (Lipinski definition) is 1. The zero-order valence-electron chi connectivity index (χ0n) is 8.86. The number of aldehydes is 1. The van der Waals surface area contributed by atoms with Crippen LogP contribution >= 0.6 is 0 Å². The van der Waals surface area contributed by atoms with Crippen LogP contribution in [0.2, 0.25) is 0 Å². The van der Waals surface area contributed by atoms with Crippen molar-refractivity contribution >= 4 is 28.7 Å². The number of anilines is 1. The first-order valence-corrected chi connectivity index (χ1v) is 4.95. The summed E-state index contributed by atoms with van der Waals surface area (Å²) in [7, 11) is 0. The molecule has 3 nitrogen and oxygen atoms in total. The molecule has 0 aromatic heterocycles. The zero-order valence-corrected chi connectivity index (χ0v) is 8.86. The van der Waals surface area contributed by atoms with Crippen molar-refractivity contribution < 1.29 is 9.59 Å². The lowest BCUT2D eigenvalue weighted by Gasteiger charge is -2.04. The van der Waals surface area contributed by atoms with Crippen molar-refractivity contribution in [1.82, 2.24) is 0 Å². The van der Waals surface area contributed by atoms with Gasteiger partial charge in [-0.05, 0) is 29.0 Å². The summed E-state index contributed by atoms with van der Waals surface area (Å²) in [6.45, 7) is 1.47. The number of carbonyl (C=O) groups is 2. The van der Waals surface area contributed by atoms with E-state index in [1.54, 1.807) is 6.07 Å². The van der Waals surface area contributed by atoms with Gasteiger partial charge >= 0.3 is 0 Å². The second kappa shape index (κ2) is 4.14. The molecule has 1 amide bonds. The average molecular weight is 213 g/mol. The van der Waals surface area contributed by atoms with Crippen molar-refractivity contribution in [3.8, 4) is 0 Å². The highest BCUT2D eigenvalue weighted by Crippen LogP contribution is 2.20. The van der Waals surface area contributed by atoms with Crippen LogP contribution in [0.4, 0.5) is 5.69 Å². The molecular weight excluding hydrogens is 202 g/mol. The molecule has 0 unspecified atom stereocenters. The number of hydrogen-bond acceptors (Lipinski definition) is 2. The van der Waals surface area contributed by atoms with E-state index in [-0.39, 0.29) is 5.91 Å². The molecule has 0 atom stereocenters. The highest BCUT2D eigenvalue weighted by Gasteiger charge is 1.99. The van der Waals surface area contributed by atoms with E-state index in [9.17, 15) is 9.59 Å². The molecule has 16 heavy (non-hydrogen) atoms. The van der Waals surface area contributed by atoms with Crippen molar-refractivity contribution in [2.24, 2.45) is 0 Å². The number of fused-ring (bicyclic) bond motifs is 1. The molecule has 0 radical (unpaired) electrons. The molecule has 2 rings (SSSR count). The molecule has 0 saturated heterocycles. The van der Waals surface area contributed by atoms with Gasteiger partial charge < -0.3 is 5.32 Å². The van der Waals surface area contributed by atoms with Gasteiger partial charge in [0.25, 0.3) is 0 Å². The maximum absolute atomic E-state index is 10.9. The van der Waals surface area contributed by atoms with Crippen LogP contribution in [0.1, 0.15) is 17.3 Å². The average Bonchev–Trinajstić information content (AvgIpc) is 2.27. The second-order valence-electron chi connectivity index (χ2n) is 3.62. The Morgan fingerprint density at radius 1 is 1.12 bits per heavy atom. The Hall–Kier alpha value is -2.16. The molecule has 3 heteroatoms. The Morgan fingerprint density at radius 2 is 1.81 bits per heavy atom. The number of nitrogens with one attached hydrogen (secondary N) is 1. The SMILES string of the molecule is CC(=O)Nc1ccc2cc(C=O)ccc2c1. The monoisotopic (exact) mass is 213 g/mol. The summed E-state index contributed by atoms with van der Waals surface area (Å²) in [6, 6.07) is 11.0. The van der Waals surface area contributed by atoms with Crippen molar-refractivity contribution in [3.05, 3.63) is 42.0 Å². The second-order valence-corrected chi connectivity index (χ2v) is 3.62. The van der Waals surface area contributed by atoms with E-state index in [1.807, 2.05) is 30.3 Å². The maximum atomic E-state index is 10.9. The standard InChI is InChI=1S/C13H11NO2/c1-9(16)14-13-5-4-11-6-10(8-15)2-3-12(11)7-13/h2-8H,1H3,(H,14,16). The minimum absolute atomic E-state index is 0.0936. The molecular formula is C13H11NO2. The number of amides is 1. The van der Waals surface area contributed by atoms with Crippen LogP contribution in [-0.4, -0.2) is 12.2 Å². The van der Waals surface area contributed by atoms with Gasteiger partial charge in [0.1, 0.15) is 6.29 Å². The Kier molecular flexibility index (Phi) is 2.68. The molecule has 0 bridgehead atoms. The van der Waals surface area contributed by atoms with Gasteiger partial charge in [0.05, 0.1) is 0 Å². The summed E-state index contributed by atoms with van der Waals surface area (Å²) in [5, 5.41) is 4.70. The van der Waals surface area contributed by atoms with Crippen LogP contribution < -0.4 is 5.32 Å². The van der Waals surface area contributed by atoms with Gasteiger partial charge in [-0.25, -0.2) is 0 Å². The maximum Gasteiger partial charge on any atom is 0.221 e. The smallest absolute Gasteiger partial charge is 0.221 e. The Morgan fingerprint density at radius 3 is 2.50 bits per heavy atom. The van der Waals surface area contributed by atoms with Crippen molar-refractivity contribution in [2.45, 2.75) is 6.92 Å². The van der Waals surface area contributed by atoms with E-state index in [0.29, 0.717) is 5.56 Å². The fraction of sp³-hybridized carbons (Fsp3) is 0.0769. The van der Waals surface area contributed by atoms with E-state index in [0.717, 1.165) is 22.7 Å². The van der Waals surface area contributed by atoms with Gasteiger partial charge in [0, 0.05) is 18.2 Å². The van der Waals surface area contributed by atoms with Gasteiger partial charge in [-0.2, -0.15) is 0 Å². The van der Waals surface area contributed by atoms with E-state index < -0.39 is 0 Å². The fourth-order valence-corrected chi connectivity index (χ4v) is 1.62. The van der Waals surface area contributed by atoms with Crippen LogP contribution in [-0.2, 0) is 4.79 Å². The number of carbonyl (C=O) groups excluding carboxylic acids is 2. The molecule has 80 valence electrons. The van der Waals surface area contributed by atoms with Gasteiger partial charge in [-0.3, -0.25) is 9.59 Å². The summed E-state index contributed by atoms with van der Waals surface area (Å²) in [4.78, 5) is 21.5. The molecule has 0 spiro atoms. The van der Waals surface area contributed by atoms with Gasteiger partial charge in [0.2, 0.25) is 5.91 Å². The Bertz CT molecular complexity index is 561. The third kappa shape index (κ3) is 2.08. The molecule has 0 heterocycles. The Labute approximate surface area is 93.1 Å². The topological polar surface area (TPSA) is 46.2 Å². The largest absolute Gasteiger partial charge is 0.326 e. The van der Waals surface area contributed by atoms with E-state index in [2.05, 4.69) is 5.32 Å². The first-order chi connectivity index (χ1) is 7.69. The summed E-state index contributed by atoms with van der Waals surface area (Å²) in [5.41, 5.74) is 1.42. The van der Waals surface area contributed by atoms with Crippen LogP contribution in [0.3, 0.4) is 0 Å². The lowest BCUT2D eigenvalue weighted by molar-refractivity contribution is -0.114. The molecule has 0 fully saturated rings. The molecule has 2 aromatic rings. The normalized spacial score (nSPS) is 10.1. The molecule has 1 N–H and O–H groups in total. The summed E-state index contributed by atoms with van der Waals surface area (Å²) >= 11 is 0. The molecule has 2 aromatic carbocycles. The first-order valence-electron chi connectivity index (χ1n) is 4.95. The quantitative estimate of drug-likeness (QED) is 0.779. The van der Waals surface area contributed by atoms with Gasteiger partial charge in [-0.15, -0.1) is 0 Å². The van der Waals surface area contributed by atoms with Crippen molar-refractivity contribution in [2.75, 3.05) is 5.32 Å². The predicted molar refractivity (Wildman–Crippen MR) is 63.6 cm³/mol. The van der Waals surface area contributed by atoms with Gasteiger partial charge in [-0.1, -0.05) is 18.2 Å². The summed E-state index contributed by atoms with van der Waals surface area (Å²) in [5.74, 6) is -0.0936. The molecule has 0 aliphatic carbocycles. The van der Waals surface area contributed by atoms with Crippen LogP contribution in [0.5, 0.6) is 0 Å². The molecule has 0 aliphatic heterocycles. The van der Waals surface area contributed by atoms with Crippen LogP contribution in [0.15, 0.2) is 36.4 Å². The van der Waals surface area contributed by atoms with E-state index in [1.165, 1.54) is 6.92 Å². The molecule has 0 aliphatic rings. The number of benzene rings is 2. The fourth-order valence-electron chi connectivity index (χ4n) is 1.62. The lowest BCUT2D eigenvalue weighted by atomic mass is 10.1. The van der Waals surface area contributed by atoms with E-state index in [4.69, 9.17) is 0 Å². The third-order valence-corrected chi connectivity index (χ3v) is 2.32. The third-order valence-electron chi connectivity index (χ3n) is 2.32. The number of rotatable bonds is 2. The summed E-state index contributed by atoms with van der Waals surface area (Å²) < 4.78 is 0. The minimum Gasteiger partial charge on any atom is -0.326 e. The zero-order chi connectivity index (χ0) is 11.5. The van der Waals surface area contributed by atoms with E-state index >= 15 is 0 Å². The van der Waals surface area contributed by atoms with Gasteiger partial charge in [0.15, 0.2) is 0 Å². The van der Waals surface area contributed by atoms with Crippen LogP contribution in [0.25, 0.3) is 10.8 Å². The molecule has 0 saturated carbocycles.